The van der Waals surface area contributed by atoms with Gasteiger partial charge in [0.25, 0.3) is 0 Å². The zero-order valence-electron chi connectivity index (χ0n) is 9.25. The third-order valence-electron chi connectivity index (χ3n) is 3.00. The average molecular weight is 198 g/mol. The predicted octanol–water partition coefficient (Wildman–Crippen LogP) is 2.26. The summed E-state index contributed by atoms with van der Waals surface area (Å²) in [4.78, 5) is 10.6. The van der Waals surface area contributed by atoms with E-state index in [0.29, 0.717) is 6.04 Å². The van der Waals surface area contributed by atoms with Crippen LogP contribution in [0.25, 0.3) is 0 Å². The van der Waals surface area contributed by atoms with E-state index in [4.69, 9.17) is 5.73 Å². The number of amides is 2. The van der Waals surface area contributed by atoms with E-state index >= 15 is 0 Å². The lowest BCUT2D eigenvalue weighted by Crippen LogP contribution is -2.40. The van der Waals surface area contributed by atoms with Gasteiger partial charge in [-0.3, -0.25) is 0 Å². The van der Waals surface area contributed by atoms with Crippen LogP contribution in [0.15, 0.2) is 0 Å². The van der Waals surface area contributed by atoms with Gasteiger partial charge in [0.2, 0.25) is 0 Å². The van der Waals surface area contributed by atoms with Crippen molar-refractivity contribution in [2.24, 2.45) is 17.6 Å². The molecule has 0 saturated heterocycles. The average Bonchev–Trinajstić information content (AvgIpc) is 2.06. The van der Waals surface area contributed by atoms with E-state index in [1.807, 2.05) is 0 Å². The molecular formula is C11H22N2O. The molecule has 0 aliphatic heterocycles. The summed E-state index contributed by atoms with van der Waals surface area (Å²) in [6.45, 7) is 4.54. The Hall–Kier alpha value is -0.730. The zero-order chi connectivity index (χ0) is 10.6. The standard InChI is InChI=1S/C11H22N2O/c1-8(2)7-9-3-5-10(6-4-9)13-11(12)14/h8-10H,3-7H2,1-2H3,(H3,12,13,14)/t9-,10-. The summed E-state index contributed by atoms with van der Waals surface area (Å²) in [7, 11) is 0. The first-order valence-corrected chi connectivity index (χ1v) is 5.64. The first kappa shape index (κ1) is 11.3. The molecule has 0 radical (unpaired) electrons. The van der Waals surface area contributed by atoms with Gasteiger partial charge >= 0.3 is 6.03 Å². The van der Waals surface area contributed by atoms with Crippen LogP contribution in [0.2, 0.25) is 0 Å². The van der Waals surface area contributed by atoms with Crippen molar-refractivity contribution in [3.05, 3.63) is 0 Å². The third kappa shape index (κ3) is 3.99. The van der Waals surface area contributed by atoms with Crippen molar-refractivity contribution in [3.8, 4) is 0 Å². The monoisotopic (exact) mass is 198 g/mol. The van der Waals surface area contributed by atoms with Crippen molar-refractivity contribution in [1.82, 2.24) is 5.32 Å². The van der Waals surface area contributed by atoms with E-state index < -0.39 is 0 Å². The van der Waals surface area contributed by atoms with Gasteiger partial charge < -0.3 is 11.1 Å². The van der Waals surface area contributed by atoms with Crippen molar-refractivity contribution in [3.63, 3.8) is 0 Å². The third-order valence-corrected chi connectivity index (χ3v) is 3.00. The van der Waals surface area contributed by atoms with Gasteiger partial charge in [-0.15, -0.1) is 0 Å². The molecule has 3 N–H and O–H groups in total. The molecule has 0 aromatic carbocycles. The van der Waals surface area contributed by atoms with Gasteiger partial charge in [-0.25, -0.2) is 4.79 Å². The lowest BCUT2D eigenvalue weighted by Gasteiger charge is -2.29. The molecule has 0 heterocycles. The van der Waals surface area contributed by atoms with Gasteiger partial charge in [0.15, 0.2) is 0 Å². The van der Waals surface area contributed by atoms with Crippen LogP contribution in [-0.2, 0) is 0 Å². The molecule has 1 fully saturated rings. The molecule has 1 saturated carbocycles. The van der Waals surface area contributed by atoms with Gasteiger partial charge in [-0.05, 0) is 43.9 Å². The highest BCUT2D eigenvalue weighted by Gasteiger charge is 2.21. The number of urea groups is 1. The molecule has 0 bridgehead atoms. The Morgan fingerprint density at radius 1 is 1.36 bits per heavy atom. The molecule has 3 nitrogen and oxygen atoms in total. The number of hydrogen-bond acceptors (Lipinski definition) is 1. The number of nitrogens with two attached hydrogens (primary N) is 1. The van der Waals surface area contributed by atoms with Crippen LogP contribution in [0.4, 0.5) is 4.79 Å². The lowest BCUT2D eigenvalue weighted by atomic mass is 9.81. The first-order chi connectivity index (χ1) is 6.58. The summed E-state index contributed by atoms with van der Waals surface area (Å²) >= 11 is 0. The molecule has 0 aromatic rings. The van der Waals surface area contributed by atoms with Crippen LogP contribution >= 0.6 is 0 Å². The number of primary amides is 1. The fourth-order valence-corrected chi connectivity index (χ4v) is 2.41. The molecule has 1 aliphatic rings. The van der Waals surface area contributed by atoms with Gasteiger partial charge in [-0.1, -0.05) is 13.8 Å². The van der Waals surface area contributed by atoms with E-state index in [2.05, 4.69) is 19.2 Å². The summed E-state index contributed by atoms with van der Waals surface area (Å²) < 4.78 is 0. The minimum Gasteiger partial charge on any atom is -0.352 e. The molecule has 14 heavy (non-hydrogen) atoms. The quantitative estimate of drug-likeness (QED) is 0.718. The van der Waals surface area contributed by atoms with Gasteiger partial charge in [0.05, 0.1) is 0 Å². The van der Waals surface area contributed by atoms with E-state index in [1.54, 1.807) is 0 Å². The second-order valence-electron chi connectivity index (χ2n) is 4.86. The van der Waals surface area contributed by atoms with Gasteiger partial charge in [0.1, 0.15) is 0 Å². The Morgan fingerprint density at radius 2 is 1.93 bits per heavy atom. The second kappa shape index (κ2) is 5.23. The van der Waals surface area contributed by atoms with E-state index in [9.17, 15) is 4.79 Å². The molecule has 1 aliphatic carbocycles. The molecule has 82 valence electrons. The van der Waals surface area contributed by atoms with Crippen LogP contribution < -0.4 is 11.1 Å². The largest absolute Gasteiger partial charge is 0.352 e. The molecule has 1 rings (SSSR count). The Labute approximate surface area is 86.4 Å². The molecule has 0 atom stereocenters. The molecule has 2 amide bonds. The van der Waals surface area contributed by atoms with Gasteiger partial charge in [0, 0.05) is 6.04 Å². The van der Waals surface area contributed by atoms with Crippen molar-refractivity contribution < 1.29 is 4.79 Å². The van der Waals surface area contributed by atoms with Crippen molar-refractivity contribution in [2.75, 3.05) is 0 Å². The van der Waals surface area contributed by atoms with Crippen molar-refractivity contribution in [1.29, 1.82) is 0 Å². The minimum atomic E-state index is -0.377. The summed E-state index contributed by atoms with van der Waals surface area (Å²) in [5, 5.41) is 2.79. The number of carbonyl (C=O) groups is 1. The highest BCUT2D eigenvalue weighted by atomic mass is 16.2. The van der Waals surface area contributed by atoms with E-state index in [1.165, 1.54) is 19.3 Å². The summed E-state index contributed by atoms with van der Waals surface area (Å²) in [6, 6.07) is -0.0479. The Bertz CT molecular complexity index is 184. The highest BCUT2D eigenvalue weighted by molar-refractivity contribution is 5.71. The molecule has 0 spiro atoms. The Kier molecular flexibility index (Phi) is 4.23. The number of nitrogens with one attached hydrogen (secondary N) is 1. The van der Waals surface area contributed by atoms with Crippen LogP contribution in [0.5, 0.6) is 0 Å². The summed E-state index contributed by atoms with van der Waals surface area (Å²) in [6.07, 6.45) is 6.00. The fourth-order valence-electron chi connectivity index (χ4n) is 2.41. The maximum Gasteiger partial charge on any atom is 0.312 e. The smallest absolute Gasteiger partial charge is 0.312 e. The molecule has 0 unspecified atom stereocenters. The second-order valence-corrected chi connectivity index (χ2v) is 4.86. The SMILES string of the molecule is CC(C)C[C@H]1CC[C@H](NC(N)=O)CC1. The highest BCUT2D eigenvalue weighted by Crippen LogP contribution is 2.29. The molecular weight excluding hydrogens is 176 g/mol. The maximum atomic E-state index is 10.6. The van der Waals surface area contributed by atoms with Crippen LogP contribution in [0, 0.1) is 11.8 Å². The van der Waals surface area contributed by atoms with Gasteiger partial charge in [-0.2, -0.15) is 0 Å². The zero-order valence-corrected chi connectivity index (χ0v) is 9.25. The van der Waals surface area contributed by atoms with Crippen LogP contribution in [-0.4, -0.2) is 12.1 Å². The van der Waals surface area contributed by atoms with Crippen LogP contribution in [0.1, 0.15) is 46.0 Å². The summed E-state index contributed by atoms with van der Waals surface area (Å²) in [5.74, 6) is 1.65. The maximum absolute atomic E-state index is 10.6. The minimum absolute atomic E-state index is 0.330. The Balaban J connectivity index is 2.21. The lowest BCUT2D eigenvalue weighted by molar-refractivity contribution is 0.229. The van der Waals surface area contributed by atoms with Crippen molar-refractivity contribution in [2.45, 2.75) is 52.0 Å². The van der Waals surface area contributed by atoms with Crippen molar-refractivity contribution >= 4 is 6.03 Å². The molecule has 0 aromatic heterocycles. The van der Waals surface area contributed by atoms with Crippen LogP contribution in [0.3, 0.4) is 0 Å². The van der Waals surface area contributed by atoms with E-state index in [-0.39, 0.29) is 6.03 Å². The fraction of sp³-hybridized carbons (Fsp3) is 0.909. The first-order valence-electron chi connectivity index (χ1n) is 5.64. The normalized spacial score (nSPS) is 27.6. The topological polar surface area (TPSA) is 55.1 Å². The predicted molar refractivity (Wildman–Crippen MR) is 57.9 cm³/mol. The number of carbonyl (C=O) groups excluding carboxylic acids is 1. The van der Waals surface area contributed by atoms with E-state index in [0.717, 1.165) is 24.7 Å². The Morgan fingerprint density at radius 3 is 2.36 bits per heavy atom. The molecule has 3 heteroatoms. The summed E-state index contributed by atoms with van der Waals surface area (Å²) in [5.41, 5.74) is 5.09. The number of hydrogen-bond donors (Lipinski definition) is 2. The number of rotatable bonds is 3.